The Labute approximate surface area is 102 Å². The Kier molecular flexibility index (Phi) is 5.97. The number of carbonyl (C=O) groups excluding carboxylic acids is 2. The third-order valence-corrected chi connectivity index (χ3v) is 3.38. The minimum absolute atomic E-state index is 0.0677. The molecular weight excluding hydrogens is 220 g/mol. The van der Waals surface area contributed by atoms with Gasteiger partial charge < -0.3 is 15.8 Å². The summed E-state index contributed by atoms with van der Waals surface area (Å²) in [5.41, 5.74) is 5.63. The smallest absolute Gasteiger partial charge is 0.305 e. The van der Waals surface area contributed by atoms with Gasteiger partial charge in [0.25, 0.3) is 0 Å². The topological polar surface area (TPSA) is 81.4 Å². The van der Waals surface area contributed by atoms with Crippen LogP contribution in [0.1, 0.15) is 32.1 Å². The van der Waals surface area contributed by atoms with E-state index in [0.717, 1.165) is 19.3 Å². The van der Waals surface area contributed by atoms with Crippen molar-refractivity contribution in [1.29, 1.82) is 0 Å². The highest BCUT2D eigenvalue weighted by atomic mass is 16.5. The van der Waals surface area contributed by atoms with Crippen molar-refractivity contribution in [1.82, 2.24) is 5.32 Å². The monoisotopic (exact) mass is 242 g/mol. The molecule has 17 heavy (non-hydrogen) atoms. The molecule has 5 heteroatoms. The van der Waals surface area contributed by atoms with Crippen LogP contribution in [0.4, 0.5) is 0 Å². The van der Waals surface area contributed by atoms with Crippen molar-refractivity contribution in [2.75, 3.05) is 20.2 Å². The fraction of sp³-hybridized carbons (Fsp3) is 0.833. The number of carbonyl (C=O) groups is 2. The zero-order chi connectivity index (χ0) is 12.7. The van der Waals surface area contributed by atoms with E-state index in [1.54, 1.807) is 0 Å². The number of esters is 1. The molecule has 0 aromatic carbocycles. The highest BCUT2D eigenvalue weighted by Gasteiger charge is 2.31. The summed E-state index contributed by atoms with van der Waals surface area (Å²) in [6.07, 6.45) is 4.05. The molecule has 2 unspecified atom stereocenters. The quantitative estimate of drug-likeness (QED) is 0.523. The zero-order valence-electron chi connectivity index (χ0n) is 10.4. The Balaban J connectivity index is 2.18. The van der Waals surface area contributed by atoms with Crippen molar-refractivity contribution in [2.24, 2.45) is 17.6 Å². The number of nitrogens with one attached hydrogen (secondary N) is 1. The fourth-order valence-corrected chi connectivity index (χ4v) is 2.34. The number of amides is 1. The van der Waals surface area contributed by atoms with Crippen LogP contribution < -0.4 is 11.1 Å². The largest absolute Gasteiger partial charge is 0.469 e. The van der Waals surface area contributed by atoms with E-state index in [-0.39, 0.29) is 17.8 Å². The van der Waals surface area contributed by atoms with Gasteiger partial charge in [0.1, 0.15) is 0 Å². The lowest BCUT2D eigenvalue weighted by Gasteiger charge is -2.17. The lowest BCUT2D eigenvalue weighted by Crippen LogP contribution is -2.35. The molecule has 1 aliphatic rings. The first kappa shape index (κ1) is 14.0. The standard InChI is InChI=1S/C12H22N2O3/c1-17-11(15)6-3-7-14-12(16)10-5-2-4-9(10)8-13/h9-10H,2-8,13H2,1H3,(H,14,16). The van der Waals surface area contributed by atoms with E-state index in [4.69, 9.17) is 5.73 Å². The maximum absolute atomic E-state index is 11.8. The van der Waals surface area contributed by atoms with Crippen LogP contribution in [0.15, 0.2) is 0 Å². The van der Waals surface area contributed by atoms with E-state index >= 15 is 0 Å². The molecule has 1 aliphatic carbocycles. The number of nitrogens with two attached hydrogens (primary N) is 1. The van der Waals surface area contributed by atoms with Crippen molar-refractivity contribution >= 4 is 11.9 Å². The van der Waals surface area contributed by atoms with Gasteiger partial charge in [-0.2, -0.15) is 0 Å². The van der Waals surface area contributed by atoms with Gasteiger partial charge >= 0.3 is 5.97 Å². The summed E-state index contributed by atoms with van der Waals surface area (Å²) >= 11 is 0. The molecule has 0 bridgehead atoms. The van der Waals surface area contributed by atoms with Crippen molar-refractivity contribution in [2.45, 2.75) is 32.1 Å². The molecule has 1 saturated carbocycles. The van der Waals surface area contributed by atoms with Gasteiger partial charge in [-0.15, -0.1) is 0 Å². The predicted octanol–water partition coefficient (Wildman–Crippen LogP) is 0.431. The minimum Gasteiger partial charge on any atom is -0.469 e. The van der Waals surface area contributed by atoms with E-state index in [2.05, 4.69) is 10.1 Å². The first-order valence-electron chi connectivity index (χ1n) is 6.23. The Hall–Kier alpha value is -1.10. The minimum atomic E-state index is -0.236. The van der Waals surface area contributed by atoms with Crippen molar-refractivity contribution < 1.29 is 14.3 Å². The average Bonchev–Trinajstić information content (AvgIpc) is 2.82. The number of hydrogen-bond acceptors (Lipinski definition) is 4. The molecule has 0 aromatic rings. The molecule has 0 saturated heterocycles. The molecule has 0 radical (unpaired) electrons. The van der Waals surface area contributed by atoms with Crippen LogP contribution in [0, 0.1) is 11.8 Å². The Morgan fingerprint density at radius 3 is 2.82 bits per heavy atom. The summed E-state index contributed by atoms with van der Waals surface area (Å²) in [6.45, 7) is 1.11. The summed E-state index contributed by atoms with van der Waals surface area (Å²) in [5, 5.41) is 2.87. The molecule has 1 rings (SSSR count). The Morgan fingerprint density at radius 1 is 1.41 bits per heavy atom. The first-order valence-corrected chi connectivity index (χ1v) is 6.23. The molecule has 0 aliphatic heterocycles. The SMILES string of the molecule is COC(=O)CCCNC(=O)C1CCCC1CN. The van der Waals surface area contributed by atoms with Gasteiger partial charge in [-0.3, -0.25) is 9.59 Å². The number of hydrogen-bond donors (Lipinski definition) is 2. The third kappa shape index (κ3) is 4.34. The number of rotatable bonds is 6. The highest BCUT2D eigenvalue weighted by molar-refractivity contribution is 5.79. The van der Waals surface area contributed by atoms with Crippen LogP contribution in [0.3, 0.4) is 0 Å². The van der Waals surface area contributed by atoms with Crippen molar-refractivity contribution in [3.63, 3.8) is 0 Å². The van der Waals surface area contributed by atoms with Crippen LogP contribution in [0.25, 0.3) is 0 Å². The first-order chi connectivity index (χ1) is 8.19. The van der Waals surface area contributed by atoms with Gasteiger partial charge in [-0.25, -0.2) is 0 Å². The summed E-state index contributed by atoms with van der Waals surface area (Å²) < 4.78 is 4.52. The van der Waals surface area contributed by atoms with Crippen molar-refractivity contribution in [3.8, 4) is 0 Å². The van der Waals surface area contributed by atoms with Gasteiger partial charge in [0, 0.05) is 18.9 Å². The van der Waals surface area contributed by atoms with E-state index < -0.39 is 0 Å². The van der Waals surface area contributed by atoms with Gasteiger partial charge in [0.2, 0.25) is 5.91 Å². The predicted molar refractivity (Wildman–Crippen MR) is 64.1 cm³/mol. The van der Waals surface area contributed by atoms with E-state index in [0.29, 0.717) is 31.8 Å². The van der Waals surface area contributed by atoms with Crippen LogP contribution in [-0.2, 0) is 14.3 Å². The Morgan fingerprint density at radius 2 is 2.18 bits per heavy atom. The zero-order valence-corrected chi connectivity index (χ0v) is 10.4. The molecular formula is C12H22N2O3. The van der Waals surface area contributed by atoms with Gasteiger partial charge in [0.05, 0.1) is 7.11 Å². The number of methoxy groups -OCH3 is 1. The number of ether oxygens (including phenoxy) is 1. The summed E-state index contributed by atoms with van der Waals surface area (Å²) in [4.78, 5) is 22.7. The maximum atomic E-state index is 11.8. The van der Waals surface area contributed by atoms with Crippen LogP contribution >= 0.6 is 0 Å². The lowest BCUT2D eigenvalue weighted by atomic mass is 9.95. The van der Waals surface area contributed by atoms with Gasteiger partial charge in [0.15, 0.2) is 0 Å². The molecule has 98 valence electrons. The van der Waals surface area contributed by atoms with E-state index in [1.165, 1.54) is 7.11 Å². The molecule has 0 heterocycles. The van der Waals surface area contributed by atoms with E-state index in [1.807, 2.05) is 0 Å². The Bertz CT molecular complexity index is 268. The van der Waals surface area contributed by atoms with Crippen LogP contribution in [0.2, 0.25) is 0 Å². The summed E-state index contributed by atoms with van der Waals surface area (Å²) in [5.74, 6) is 0.247. The van der Waals surface area contributed by atoms with E-state index in [9.17, 15) is 9.59 Å². The van der Waals surface area contributed by atoms with Crippen LogP contribution in [0.5, 0.6) is 0 Å². The molecule has 2 atom stereocenters. The second kappa shape index (κ2) is 7.27. The molecule has 0 aromatic heterocycles. The second-order valence-electron chi connectivity index (χ2n) is 4.50. The summed E-state index contributed by atoms with van der Waals surface area (Å²) in [6, 6.07) is 0. The maximum Gasteiger partial charge on any atom is 0.305 e. The van der Waals surface area contributed by atoms with Gasteiger partial charge in [-0.1, -0.05) is 6.42 Å². The van der Waals surface area contributed by atoms with Gasteiger partial charge in [-0.05, 0) is 31.7 Å². The molecule has 5 nitrogen and oxygen atoms in total. The van der Waals surface area contributed by atoms with Crippen LogP contribution in [-0.4, -0.2) is 32.1 Å². The highest BCUT2D eigenvalue weighted by Crippen LogP contribution is 2.30. The third-order valence-electron chi connectivity index (χ3n) is 3.38. The lowest BCUT2D eigenvalue weighted by molar-refractivity contribution is -0.140. The second-order valence-corrected chi connectivity index (χ2v) is 4.50. The molecule has 0 spiro atoms. The van der Waals surface area contributed by atoms with Crippen molar-refractivity contribution in [3.05, 3.63) is 0 Å². The summed E-state index contributed by atoms with van der Waals surface area (Å²) in [7, 11) is 1.37. The average molecular weight is 242 g/mol. The molecule has 1 amide bonds. The molecule has 1 fully saturated rings. The fourth-order valence-electron chi connectivity index (χ4n) is 2.34. The normalized spacial score (nSPS) is 23.4. The molecule has 3 N–H and O–H groups in total.